The van der Waals surface area contributed by atoms with Crippen molar-refractivity contribution in [1.29, 1.82) is 0 Å². The second kappa shape index (κ2) is 7.44. The van der Waals surface area contributed by atoms with E-state index >= 15 is 0 Å². The zero-order chi connectivity index (χ0) is 20.7. The van der Waals surface area contributed by atoms with E-state index in [2.05, 4.69) is 5.10 Å². The Hall–Kier alpha value is -3.41. The summed E-state index contributed by atoms with van der Waals surface area (Å²) in [7, 11) is 0. The van der Waals surface area contributed by atoms with Gasteiger partial charge < -0.3 is 0 Å². The summed E-state index contributed by atoms with van der Waals surface area (Å²) in [5.41, 5.74) is 2.52. The van der Waals surface area contributed by atoms with Crippen LogP contribution in [0.25, 0.3) is 33.8 Å². The average Bonchev–Trinajstić information content (AvgIpc) is 3.20. The van der Waals surface area contributed by atoms with Crippen molar-refractivity contribution in [3.63, 3.8) is 0 Å². The van der Waals surface area contributed by atoms with Crippen LogP contribution in [0.2, 0.25) is 10.0 Å². The molecule has 30 heavy (non-hydrogen) atoms. The molecule has 0 atom stereocenters. The molecule has 0 amide bonds. The van der Waals surface area contributed by atoms with Crippen LogP contribution >= 0.6 is 23.2 Å². The monoisotopic (exact) mass is 432 g/mol. The molecule has 0 fully saturated rings. The van der Waals surface area contributed by atoms with E-state index in [4.69, 9.17) is 28.2 Å². The van der Waals surface area contributed by atoms with Gasteiger partial charge in [-0.15, -0.1) is 0 Å². The molecule has 2 aromatic heterocycles. The molecule has 146 valence electrons. The number of fused-ring (bicyclic) bond motifs is 1. The number of nitrogens with zero attached hydrogens (tertiary/aromatic N) is 4. The van der Waals surface area contributed by atoms with Crippen molar-refractivity contribution in [2.45, 2.75) is 0 Å². The fourth-order valence-electron chi connectivity index (χ4n) is 3.35. The summed E-state index contributed by atoms with van der Waals surface area (Å²) < 4.78 is 3.24. The molecule has 0 N–H and O–H groups in total. The van der Waals surface area contributed by atoms with Gasteiger partial charge in [0.05, 0.1) is 17.6 Å². The van der Waals surface area contributed by atoms with Gasteiger partial charge in [-0.2, -0.15) is 5.10 Å². The molecule has 3 aromatic carbocycles. The third-order valence-electron chi connectivity index (χ3n) is 4.79. The van der Waals surface area contributed by atoms with Gasteiger partial charge in [-0.25, -0.2) is 9.67 Å². The van der Waals surface area contributed by atoms with Gasteiger partial charge in [0.15, 0.2) is 5.65 Å². The lowest BCUT2D eigenvalue weighted by Crippen LogP contribution is -2.22. The SMILES string of the molecule is O=c1c2cnn(-c3ccccc3)c2nc(-c2ccc(Cl)cc2)n1-c1ccc(Cl)cc1. The molecular weight excluding hydrogens is 419 g/mol. The second-order valence-corrected chi connectivity index (χ2v) is 7.56. The zero-order valence-corrected chi connectivity index (χ0v) is 17.0. The highest BCUT2D eigenvalue weighted by Gasteiger charge is 2.18. The van der Waals surface area contributed by atoms with E-state index in [0.717, 1.165) is 11.3 Å². The molecule has 0 spiro atoms. The van der Waals surface area contributed by atoms with Gasteiger partial charge in [0.2, 0.25) is 0 Å². The van der Waals surface area contributed by atoms with E-state index in [1.165, 1.54) is 0 Å². The standard InChI is InChI=1S/C23H14Cl2N4O/c24-16-8-6-15(7-9-16)21-27-22-20(14-26-29(22)19-4-2-1-3-5-19)23(30)28(21)18-12-10-17(25)11-13-18/h1-14H. The molecule has 0 radical (unpaired) electrons. The van der Waals surface area contributed by atoms with Crippen LogP contribution in [0.1, 0.15) is 0 Å². The summed E-state index contributed by atoms with van der Waals surface area (Å²) in [4.78, 5) is 18.4. The summed E-state index contributed by atoms with van der Waals surface area (Å²) >= 11 is 12.1. The number of rotatable bonds is 3. The molecule has 0 bridgehead atoms. The summed E-state index contributed by atoms with van der Waals surface area (Å²) in [6.45, 7) is 0. The number of para-hydroxylation sites is 1. The fraction of sp³-hybridized carbons (Fsp3) is 0. The van der Waals surface area contributed by atoms with Crippen molar-refractivity contribution >= 4 is 34.2 Å². The van der Waals surface area contributed by atoms with E-state index in [-0.39, 0.29) is 5.56 Å². The maximum atomic E-state index is 13.5. The minimum atomic E-state index is -0.213. The van der Waals surface area contributed by atoms with Crippen molar-refractivity contribution in [2.24, 2.45) is 0 Å². The van der Waals surface area contributed by atoms with Crippen molar-refractivity contribution in [3.8, 4) is 22.8 Å². The highest BCUT2D eigenvalue weighted by Crippen LogP contribution is 2.25. The zero-order valence-electron chi connectivity index (χ0n) is 15.5. The Kier molecular flexibility index (Phi) is 4.62. The molecular formula is C23H14Cl2N4O. The van der Waals surface area contributed by atoms with Crippen LogP contribution in [0.15, 0.2) is 89.9 Å². The average molecular weight is 433 g/mol. The lowest BCUT2D eigenvalue weighted by molar-refractivity contribution is 0.888. The molecule has 0 saturated carbocycles. The first-order valence-corrected chi connectivity index (χ1v) is 9.95. The Morgan fingerprint density at radius 1 is 0.733 bits per heavy atom. The largest absolute Gasteiger partial charge is 0.269 e. The third-order valence-corrected chi connectivity index (χ3v) is 5.29. The fourth-order valence-corrected chi connectivity index (χ4v) is 3.60. The Balaban J connectivity index is 1.85. The Morgan fingerprint density at radius 2 is 1.37 bits per heavy atom. The summed E-state index contributed by atoms with van der Waals surface area (Å²) in [5, 5.41) is 6.04. The van der Waals surface area contributed by atoms with Gasteiger partial charge in [0.1, 0.15) is 11.2 Å². The lowest BCUT2D eigenvalue weighted by Gasteiger charge is -2.13. The predicted octanol–water partition coefficient (Wildman–Crippen LogP) is 5.55. The number of benzene rings is 3. The quantitative estimate of drug-likeness (QED) is 0.375. The highest BCUT2D eigenvalue weighted by atomic mass is 35.5. The lowest BCUT2D eigenvalue weighted by atomic mass is 10.2. The van der Waals surface area contributed by atoms with Gasteiger partial charge in [-0.3, -0.25) is 9.36 Å². The maximum Gasteiger partial charge on any atom is 0.269 e. The van der Waals surface area contributed by atoms with Crippen LogP contribution in [-0.2, 0) is 0 Å². The van der Waals surface area contributed by atoms with Crippen molar-refractivity contribution < 1.29 is 0 Å². The number of halogens is 2. The number of aromatic nitrogens is 4. The van der Waals surface area contributed by atoms with E-state index in [0.29, 0.717) is 32.6 Å². The first-order chi connectivity index (χ1) is 14.6. The first kappa shape index (κ1) is 18.6. The molecule has 0 unspecified atom stereocenters. The topological polar surface area (TPSA) is 52.7 Å². The minimum absolute atomic E-state index is 0.213. The Bertz CT molecular complexity index is 1410. The van der Waals surface area contributed by atoms with Crippen LogP contribution in [0, 0.1) is 0 Å². The van der Waals surface area contributed by atoms with Crippen molar-refractivity contribution in [1.82, 2.24) is 19.3 Å². The van der Waals surface area contributed by atoms with E-state index in [9.17, 15) is 4.79 Å². The summed E-state index contributed by atoms with van der Waals surface area (Å²) in [5.74, 6) is 0.490. The molecule has 0 aliphatic carbocycles. The Labute approximate surface area is 181 Å². The molecule has 7 heteroatoms. The minimum Gasteiger partial charge on any atom is -0.268 e. The first-order valence-electron chi connectivity index (χ1n) is 9.20. The highest BCUT2D eigenvalue weighted by molar-refractivity contribution is 6.30. The molecule has 2 heterocycles. The van der Waals surface area contributed by atoms with Gasteiger partial charge in [-0.05, 0) is 60.7 Å². The molecule has 5 nitrogen and oxygen atoms in total. The second-order valence-electron chi connectivity index (χ2n) is 6.69. The van der Waals surface area contributed by atoms with Crippen LogP contribution < -0.4 is 5.56 Å². The van der Waals surface area contributed by atoms with Gasteiger partial charge in [-0.1, -0.05) is 41.4 Å². The third kappa shape index (κ3) is 3.18. The smallest absolute Gasteiger partial charge is 0.268 e. The maximum absolute atomic E-state index is 13.5. The van der Waals surface area contributed by atoms with Gasteiger partial charge in [0, 0.05) is 15.6 Å². The summed E-state index contributed by atoms with van der Waals surface area (Å²) in [6, 6.07) is 23.9. The normalized spacial score (nSPS) is 11.1. The molecule has 5 aromatic rings. The number of hydrogen-bond acceptors (Lipinski definition) is 3. The Morgan fingerprint density at radius 3 is 2.03 bits per heavy atom. The van der Waals surface area contributed by atoms with Crippen molar-refractivity contribution in [3.05, 3.63) is 105 Å². The van der Waals surface area contributed by atoms with Gasteiger partial charge >= 0.3 is 0 Å². The van der Waals surface area contributed by atoms with E-state index < -0.39 is 0 Å². The van der Waals surface area contributed by atoms with Crippen LogP contribution in [0.3, 0.4) is 0 Å². The summed E-state index contributed by atoms with van der Waals surface area (Å²) in [6.07, 6.45) is 1.55. The van der Waals surface area contributed by atoms with E-state index in [1.54, 1.807) is 51.8 Å². The number of hydrogen-bond donors (Lipinski definition) is 0. The molecule has 0 aliphatic heterocycles. The van der Waals surface area contributed by atoms with E-state index in [1.807, 2.05) is 42.5 Å². The molecule has 0 aliphatic rings. The van der Waals surface area contributed by atoms with Gasteiger partial charge in [0.25, 0.3) is 5.56 Å². The van der Waals surface area contributed by atoms with Crippen molar-refractivity contribution in [2.75, 3.05) is 0 Å². The van der Waals surface area contributed by atoms with Crippen LogP contribution in [-0.4, -0.2) is 19.3 Å². The predicted molar refractivity (Wildman–Crippen MR) is 120 cm³/mol. The van der Waals surface area contributed by atoms with Crippen LogP contribution in [0.5, 0.6) is 0 Å². The van der Waals surface area contributed by atoms with Crippen LogP contribution in [0.4, 0.5) is 0 Å². The molecule has 5 rings (SSSR count). The molecule has 0 saturated heterocycles.